The molecule has 2 aromatic carbocycles. The van der Waals surface area contributed by atoms with Crippen LogP contribution in [0.4, 0.5) is 24.5 Å². The number of amides is 1. The van der Waals surface area contributed by atoms with Crippen molar-refractivity contribution in [1.29, 1.82) is 0 Å². The van der Waals surface area contributed by atoms with Crippen LogP contribution in [0.15, 0.2) is 42.5 Å². The van der Waals surface area contributed by atoms with Crippen LogP contribution in [-0.4, -0.2) is 20.0 Å². The first-order chi connectivity index (χ1) is 12.1. The summed E-state index contributed by atoms with van der Waals surface area (Å²) in [7, 11) is 3.31. The van der Waals surface area contributed by atoms with Gasteiger partial charge in [0, 0.05) is 25.9 Å². The number of carbonyl (C=O) groups is 1. The highest BCUT2D eigenvalue weighted by Crippen LogP contribution is 2.37. The van der Waals surface area contributed by atoms with Gasteiger partial charge in [0.15, 0.2) is 0 Å². The monoisotopic (exact) mass is 362 g/mol. The molecule has 2 rings (SSSR count). The smallest absolute Gasteiger partial charge is 0.378 e. The summed E-state index contributed by atoms with van der Waals surface area (Å²) in [5.74, 6) is -0.618. The molecule has 1 N–H and O–H groups in total. The van der Waals surface area contributed by atoms with E-state index in [1.54, 1.807) is 25.1 Å². The number of rotatable bonds is 4. The lowest BCUT2D eigenvalue weighted by Gasteiger charge is -2.18. The topological polar surface area (TPSA) is 32.3 Å². The van der Waals surface area contributed by atoms with Crippen LogP contribution in [0.1, 0.15) is 22.3 Å². The van der Waals surface area contributed by atoms with E-state index in [0.29, 0.717) is 5.69 Å². The molecule has 2 aromatic rings. The number of halogens is 3. The maximum absolute atomic E-state index is 13.3. The third-order valence-electron chi connectivity index (χ3n) is 3.92. The molecule has 138 valence electrons. The zero-order chi connectivity index (χ0) is 19.5. The summed E-state index contributed by atoms with van der Waals surface area (Å²) in [6.45, 7) is 3.87. The van der Waals surface area contributed by atoms with Crippen molar-refractivity contribution in [3.8, 4) is 0 Å². The van der Waals surface area contributed by atoms with Gasteiger partial charge in [-0.1, -0.05) is 23.8 Å². The summed E-state index contributed by atoms with van der Waals surface area (Å²) in [6.07, 6.45) is -1.74. The van der Waals surface area contributed by atoms with Crippen LogP contribution in [0.5, 0.6) is 0 Å². The van der Waals surface area contributed by atoms with E-state index >= 15 is 0 Å². The summed E-state index contributed by atoms with van der Waals surface area (Å²) in [5, 5.41) is 2.32. The van der Waals surface area contributed by atoms with E-state index in [0.717, 1.165) is 22.8 Å². The number of anilines is 2. The lowest BCUT2D eigenvalue weighted by Crippen LogP contribution is -2.16. The second-order valence-electron chi connectivity index (χ2n) is 6.30. The van der Waals surface area contributed by atoms with Crippen molar-refractivity contribution in [2.24, 2.45) is 0 Å². The number of aryl methyl sites for hydroxylation is 2. The average Bonchev–Trinajstić information content (AvgIpc) is 2.53. The fourth-order valence-corrected chi connectivity index (χ4v) is 2.51. The molecule has 0 spiro atoms. The largest absolute Gasteiger partial charge is 0.418 e. The summed E-state index contributed by atoms with van der Waals surface area (Å²) in [5.41, 5.74) is 2.18. The molecule has 0 unspecified atom stereocenters. The molecule has 0 atom stereocenters. The Morgan fingerprint density at radius 2 is 1.77 bits per heavy atom. The van der Waals surface area contributed by atoms with Gasteiger partial charge in [-0.3, -0.25) is 4.79 Å². The van der Waals surface area contributed by atoms with Crippen LogP contribution >= 0.6 is 0 Å². The number of nitrogens with one attached hydrogen (secondary N) is 1. The van der Waals surface area contributed by atoms with Gasteiger partial charge in [-0.2, -0.15) is 13.2 Å². The molecule has 0 bridgehead atoms. The molecule has 0 saturated heterocycles. The molecule has 0 fully saturated rings. The summed E-state index contributed by atoms with van der Waals surface area (Å²) in [4.78, 5) is 13.7. The SMILES string of the molecule is Cc1ccc(/C=C/C(=O)Nc2ccc(N(C)C)cc2C(F)(F)F)c(C)c1. The second-order valence-corrected chi connectivity index (χ2v) is 6.30. The number of nitrogens with zero attached hydrogens (tertiary/aromatic N) is 1. The van der Waals surface area contributed by atoms with Gasteiger partial charge in [0.2, 0.25) is 5.91 Å². The predicted octanol–water partition coefficient (Wildman–Crippen LogP) is 5.04. The number of hydrogen-bond donors (Lipinski definition) is 1. The molecule has 26 heavy (non-hydrogen) atoms. The molecule has 3 nitrogen and oxygen atoms in total. The Morgan fingerprint density at radius 1 is 1.08 bits per heavy atom. The fraction of sp³-hybridized carbons (Fsp3) is 0.250. The van der Waals surface area contributed by atoms with Crippen LogP contribution in [0.3, 0.4) is 0 Å². The molecule has 0 aliphatic carbocycles. The van der Waals surface area contributed by atoms with Gasteiger partial charge in [0.05, 0.1) is 11.3 Å². The maximum atomic E-state index is 13.3. The van der Waals surface area contributed by atoms with Gasteiger partial charge in [-0.15, -0.1) is 0 Å². The van der Waals surface area contributed by atoms with Crippen molar-refractivity contribution in [1.82, 2.24) is 0 Å². The first kappa shape index (κ1) is 19.6. The Bertz CT molecular complexity index is 839. The number of carbonyl (C=O) groups excluding carboxylic acids is 1. The molecule has 0 aliphatic heterocycles. The van der Waals surface area contributed by atoms with Gasteiger partial charge in [0.1, 0.15) is 0 Å². The van der Waals surface area contributed by atoms with E-state index < -0.39 is 17.6 Å². The predicted molar refractivity (Wildman–Crippen MR) is 99.4 cm³/mol. The molecule has 6 heteroatoms. The molecule has 0 aliphatic rings. The minimum atomic E-state index is -4.56. The van der Waals surface area contributed by atoms with E-state index in [9.17, 15) is 18.0 Å². The fourth-order valence-electron chi connectivity index (χ4n) is 2.51. The van der Waals surface area contributed by atoms with Crippen LogP contribution in [0.2, 0.25) is 0 Å². The zero-order valence-electron chi connectivity index (χ0n) is 15.1. The molecule has 0 heterocycles. The van der Waals surface area contributed by atoms with E-state index in [4.69, 9.17) is 0 Å². The third kappa shape index (κ3) is 4.88. The van der Waals surface area contributed by atoms with Crippen molar-refractivity contribution in [3.05, 3.63) is 64.7 Å². The van der Waals surface area contributed by atoms with Crippen molar-refractivity contribution >= 4 is 23.4 Å². The standard InChI is InChI=1S/C20H21F3N2O/c1-13-5-6-15(14(2)11-13)7-10-19(26)24-18-9-8-16(25(3)4)12-17(18)20(21,22)23/h5-12H,1-4H3,(H,24,26)/b10-7+. The van der Waals surface area contributed by atoms with E-state index in [1.165, 1.54) is 18.2 Å². The number of benzene rings is 2. The van der Waals surface area contributed by atoms with Crippen LogP contribution in [0.25, 0.3) is 6.08 Å². The average molecular weight is 362 g/mol. The lowest BCUT2D eigenvalue weighted by molar-refractivity contribution is -0.136. The molecule has 0 radical (unpaired) electrons. The molecule has 0 aromatic heterocycles. The maximum Gasteiger partial charge on any atom is 0.418 e. The zero-order valence-corrected chi connectivity index (χ0v) is 15.1. The van der Waals surface area contributed by atoms with Gasteiger partial charge >= 0.3 is 6.18 Å². The van der Waals surface area contributed by atoms with Gasteiger partial charge in [0.25, 0.3) is 0 Å². The summed E-state index contributed by atoms with van der Waals surface area (Å²) < 4.78 is 39.9. The number of alkyl halides is 3. The highest BCUT2D eigenvalue weighted by atomic mass is 19.4. The first-order valence-corrected chi connectivity index (χ1v) is 8.03. The minimum Gasteiger partial charge on any atom is -0.378 e. The third-order valence-corrected chi connectivity index (χ3v) is 3.92. The number of hydrogen-bond acceptors (Lipinski definition) is 2. The van der Waals surface area contributed by atoms with Crippen LogP contribution in [0, 0.1) is 13.8 Å². The summed E-state index contributed by atoms with van der Waals surface area (Å²) >= 11 is 0. The van der Waals surface area contributed by atoms with E-state index in [2.05, 4.69) is 5.32 Å². The van der Waals surface area contributed by atoms with Crippen LogP contribution in [-0.2, 0) is 11.0 Å². The van der Waals surface area contributed by atoms with Gasteiger partial charge in [-0.25, -0.2) is 0 Å². The first-order valence-electron chi connectivity index (χ1n) is 8.03. The quantitative estimate of drug-likeness (QED) is 0.773. The Hall–Kier alpha value is -2.76. The molecular weight excluding hydrogens is 341 g/mol. The van der Waals surface area contributed by atoms with Crippen LogP contribution < -0.4 is 10.2 Å². The van der Waals surface area contributed by atoms with Crippen molar-refractivity contribution in [2.75, 3.05) is 24.3 Å². The Kier molecular flexibility index (Phi) is 5.75. The lowest BCUT2D eigenvalue weighted by atomic mass is 10.1. The molecular formula is C20H21F3N2O. The van der Waals surface area contributed by atoms with E-state index in [1.807, 2.05) is 32.0 Å². The molecule has 0 saturated carbocycles. The highest BCUT2D eigenvalue weighted by Gasteiger charge is 2.34. The van der Waals surface area contributed by atoms with Crippen molar-refractivity contribution < 1.29 is 18.0 Å². The minimum absolute atomic E-state index is 0.265. The van der Waals surface area contributed by atoms with E-state index in [-0.39, 0.29) is 5.69 Å². The summed E-state index contributed by atoms with van der Waals surface area (Å²) in [6, 6.07) is 9.55. The molecule has 1 amide bonds. The van der Waals surface area contributed by atoms with Gasteiger partial charge in [-0.05, 0) is 49.2 Å². The normalized spacial score (nSPS) is 11.7. The Balaban J connectivity index is 2.24. The van der Waals surface area contributed by atoms with Crippen molar-refractivity contribution in [3.63, 3.8) is 0 Å². The van der Waals surface area contributed by atoms with Gasteiger partial charge < -0.3 is 10.2 Å². The Labute approximate surface area is 151 Å². The van der Waals surface area contributed by atoms with Crippen molar-refractivity contribution in [2.45, 2.75) is 20.0 Å². The second kappa shape index (κ2) is 7.64. The Morgan fingerprint density at radius 3 is 2.35 bits per heavy atom. The highest BCUT2D eigenvalue weighted by molar-refractivity contribution is 6.02.